The first-order valence-electron chi connectivity index (χ1n) is 6.24. The zero-order valence-electron chi connectivity index (χ0n) is 10.5. The summed E-state index contributed by atoms with van der Waals surface area (Å²) in [6.45, 7) is 2.82. The van der Waals surface area contributed by atoms with Gasteiger partial charge in [-0.25, -0.2) is 4.39 Å². The van der Waals surface area contributed by atoms with E-state index in [0.717, 1.165) is 25.9 Å². The average Bonchev–Trinajstić information content (AvgIpc) is 2.40. The van der Waals surface area contributed by atoms with Crippen molar-refractivity contribution in [1.82, 2.24) is 0 Å². The van der Waals surface area contributed by atoms with Crippen molar-refractivity contribution in [3.8, 4) is 11.8 Å². The molecular weight excluding hydrogens is 231 g/mol. The van der Waals surface area contributed by atoms with Gasteiger partial charge in [-0.15, -0.1) is 0 Å². The summed E-state index contributed by atoms with van der Waals surface area (Å²) in [7, 11) is 0. The summed E-state index contributed by atoms with van der Waals surface area (Å²) in [5.74, 6) is 5.53. The molecule has 1 aliphatic rings. The van der Waals surface area contributed by atoms with Crippen molar-refractivity contribution in [1.29, 1.82) is 0 Å². The molecule has 2 rings (SSSR count). The van der Waals surface area contributed by atoms with Crippen molar-refractivity contribution in [2.75, 3.05) is 13.2 Å². The zero-order valence-corrected chi connectivity index (χ0v) is 10.5. The van der Waals surface area contributed by atoms with Gasteiger partial charge >= 0.3 is 0 Å². The minimum absolute atomic E-state index is 0.122. The van der Waals surface area contributed by atoms with Crippen molar-refractivity contribution in [2.45, 2.75) is 32.5 Å². The van der Waals surface area contributed by atoms with Crippen LogP contribution in [-0.4, -0.2) is 19.5 Å². The van der Waals surface area contributed by atoms with Gasteiger partial charge in [-0.2, -0.15) is 0 Å². The van der Waals surface area contributed by atoms with Gasteiger partial charge in [-0.3, -0.25) is 0 Å². The largest absolute Gasteiger partial charge is 0.353 e. The first-order valence-corrected chi connectivity index (χ1v) is 6.24. The fourth-order valence-electron chi connectivity index (χ4n) is 1.79. The third-order valence-corrected chi connectivity index (χ3v) is 2.88. The maximum absolute atomic E-state index is 13.3. The number of aryl methyl sites for hydroxylation is 1. The molecule has 1 unspecified atom stereocenters. The van der Waals surface area contributed by atoms with E-state index >= 15 is 0 Å². The SMILES string of the molecule is Cc1ccc(C#CCOC2CCCCO2)cc1F. The molecule has 2 nitrogen and oxygen atoms in total. The molecular formula is C15H17FO2. The van der Waals surface area contributed by atoms with Crippen LogP contribution in [0, 0.1) is 24.6 Å². The van der Waals surface area contributed by atoms with Gasteiger partial charge in [0.15, 0.2) is 6.29 Å². The molecule has 1 heterocycles. The second-order valence-corrected chi connectivity index (χ2v) is 4.37. The van der Waals surface area contributed by atoms with Crippen LogP contribution in [-0.2, 0) is 9.47 Å². The summed E-state index contributed by atoms with van der Waals surface area (Å²) in [6, 6.07) is 4.98. The molecule has 0 spiro atoms. The van der Waals surface area contributed by atoms with Crippen LogP contribution >= 0.6 is 0 Å². The maximum atomic E-state index is 13.3. The molecule has 0 amide bonds. The summed E-state index contributed by atoms with van der Waals surface area (Å²) < 4.78 is 24.1. The Balaban J connectivity index is 1.82. The van der Waals surface area contributed by atoms with Crippen LogP contribution in [0.15, 0.2) is 18.2 Å². The Bertz CT molecular complexity index is 453. The molecule has 1 fully saturated rings. The van der Waals surface area contributed by atoms with Gasteiger partial charge in [0.05, 0.1) is 0 Å². The number of hydrogen-bond donors (Lipinski definition) is 0. The molecule has 1 aromatic rings. The smallest absolute Gasteiger partial charge is 0.158 e. The third kappa shape index (κ3) is 3.83. The van der Waals surface area contributed by atoms with Crippen molar-refractivity contribution < 1.29 is 13.9 Å². The minimum Gasteiger partial charge on any atom is -0.353 e. The topological polar surface area (TPSA) is 18.5 Å². The third-order valence-electron chi connectivity index (χ3n) is 2.88. The van der Waals surface area contributed by atoms with E-state index in [4.69, 9.17) is 9.47 Å². The summed E-state index contributed by atoms with van der Waals surface area (Å²) in [4.78, 5) is 0. The predicted octanol–water partition coefficient (Wildman–Crippen LogP) is 3.03. The molecule has 0 aliphatic carbocycles. The molecule has 0 N–H and O–H groups in total. The van der Waals surface area contributed by atoms with Gasteiger partial charge in [-0.05, 0) is 43.9 Å². The normalized spacial score (nSPS) is 19.1. The van der Waals surface area contributed by atoms with Gasteiger partial charge in [0.25, 0.3) is 0 Å². The number of ether oxygens (including phenoxy) is 2. The lowest BCUT2D eigenvalue weighted by Gasteiger charge is -2.21. The van der Waals surface area contributed by atoms with Gasteiger partial charge in [-0.1, -0.05) is 17.9 Å². The van der Waals surface area contributed by atoms with E-state index in [2.05, 4.69) is 11.8 Å². The standard InChI is InChI=1S/C15H17FO2/c1-12-7-8-13(11-14(12)16)5-4-10-18-15-6-2-3-9-17-15/h7-8,11,15H,2-3,6,9-10H2,1H3. The van der Waals surface area contributed by atoms with E-state index in [9.17, 15) is 4.39 Å². The van der Waals surface area contributed by atoms with E-state index in [-0.39, 0.29) is 12.1 Å². The first-order chi connectivity index (χ1) is 8.75. The highest BCUT2D eigenvalue weighted by molar-refractivity contribution is 5.36. The lowest BCUT2D eigenvalue weighted by molar-refractivity contribution is -0.154. The summed E-state index contributed by atoms with van der Waals surface area (Å²) in [5.41, 5.74) is 1.30. The van der Waals surface area contributed by atoms with Crippen LogP contribution in [0.2, 0.25) is 0 Å². The van der Waals surface area contributed by atoms with E-state index in [0.29, 0.717) is 17.7 Å². The Morgan fingerprint density at radius 1 is 1.44 bits per heavy atom. The Kier molecular flexibility index (Phi) is 4.74. The van der Waals surface area contributed by atoms with Gasteiger partial charge in [0, 0.05) is 12.2 Å². The predicted molar refractivity (Wildman–Crippen MR) is 67.6 cm³/mol. The molecule has 1 saturated heterocycles. The molecule has 0 saturated carbocycles. The molecule has 1 aliphatic heterocycles. The molecule has 18 heavy (non-hydrogen) atoms. The van der Waals surface area contributed by atoms with Crippen molar-refractivity contribution in [3.63, 3.8) is 0 Å². The fraction of sp³-hybridized carbons (Fsp3) is 0.467. The molecule has 0 radical (unpaired) electrons. The van der Waals surface area contributed by atoms with Crippen LogP contribution in [0.25, 0.3) is 0 Å². The van der Waals surface area contributed by atoms with Crippen molar-refractivity contribution in [3.05, 3.63) is 35.1 Å². The van der Waals surface area contributed by atoms with E-state index in [1.165, 1.54) is 6.07 Å². The number of benzene rings is 1. The highest BCUT2D eigenvalue weighted by Crippen LogP contribution is 2.13. The maximum Gasteiger partial charge on any atom is 0.158 e. The zero-order chi connectivity index (χ0) is 12.8. The lowest BCUT2D eigenvalue weighted by atomic mass is 10.1. The quantitative estimate of drug-likeness (QED) is 0.749. The van der Waals surface area contributed by atoms with Crippen LogP contribution in [0.4, 0.5) is 4.39 Å². The first kappa shape index (κ1) is 13.1. The monoisotopic (exact) mass is 248 g/mol. The average molecular weight is 248 g/mol. The molecule has 1 atom stereocenters. The summed E-state index contributed by atoms with van der Waals surface area (Å²) >= 11 is 0. The molecule has 96 valence electrons. The minimum atomic E-state index is -0.224. The Labute approximate surface area is 107 Å². The van der Waals surface area contributed by atoms with E-state index < -0.39 is 0 Å². The Morgan fingerprint density at radius 3 is 3.06 bits per heavy atom. The van der Waals surface area contributed by atoms with Crippen molar-refractivity contribution >= 4 is 0 Å². The highest BCUT2D eigenvalue weighted by atomic mass is 19.1. The number of rotatable bonds is 2. The van der Waals surface area contributed by atoms with E-state index in [1.807, 2.05) is 6.07 Å². The number of halogens is 1. The summed E-state index contributed by atoms with van der Waals surface area (Å²) in [5, 5.41) is 0. The molecule has 3 heteroatoms. The van der Waals surface area contributed by atoms with E-state index in [1.54, 1.807) is 13.0 Å². The van der Waals surface area contributed by atoms with Gasteiger partial charge < -0.3 is 9.47 Å². The fourth-order valence-corrected chi connectivity index (χ4v) is 1.79. The van der Waals surface area contributed by atoms with Crippen LogP contribution in [0.3, 0.4) is 0 Å². The molecule has 1 aromatic carbocycles. The molecule has 0 aromatic heterocycles. The second kappa shape index (κ2) is 6.53. The molecule has 0 bridgehead atoms. The Morgan fingerprint density at radius 2 is 2.33 bits per heavy atom. The summed E-state index contributed by atoms with van der Waals surface area (Å²) in [6.07, 6.45) is 3.05. The number of hydrogen-bond acceptors (Lipinski definition) is 2. The highest BCUT2D eigenvalue weighted by Gasteiger charge is 2.12. The Hall–Kier alpha value is -1.37. The van der Waals surface area contributed by atoms with Crippen LogP contribution in [0.1, 0.15) is 30.4 Å². The second-order valence-electron chi connectivity index (χ2n) is 4.37. The van der Waals surface area contributed by atoms with Gasteiger partial charge in [0.1, 0.15) is 12.4 Å². The lowest BCUT2D eigenvalue weighted by Crippen LogP contribution is -2.22. The van der Waals surface area contributed by atoms with Crippen LogP contribution in [0.5, 0.6) is 0 Å². The van der Waals surface area contributed by atoms with Gasteiger partial charge in [0.2, 0.25) is 0 Å². The van der Waals surface area contributed by atoms with Crippen molar-refractivity contribution in [2.24, 2.45) is 0 Å². The van der Waals surface area contributed by atoms with Crippen LogP contribution < -0.4 is 0 Å².